The molecular formula is C15H18O2. The molecule has 2 rings (SSSR count). The van der Waals surface area contributed by atoms with Crippen molar-refractivity contribution in [1.82, 2.24) is 0 Å². The summed E-state index contributed by atoms with van der Waals surface area (Å²) < 4.78 is 0. The zero-order chi connectivity index (χ0) is 12.7. The van der Waals surface area contributed by atoms with Crippen LogP contribution in [0.3, 0.4) is 0 Å². The Morgan fingerprint density at radius 3 is 2.00 bits per heavy atom. The molecule has 0 aliphatic carbocycles. The molecule has 0 saturated heterocycles. The van der Waals surface area contributed by atoms with E-state index in [2.05, 4.69) is 13.8 Å². The average molecular weight is 230 g/mol. The van der Waals surface area contributed by atoms with Gasteiger partial charge in [-0.15, -0.1) is 0 Å². The van der Waals surface area contributed by atoms with Gasteiger partial charge in [0, 0.05) is 5.56 Å². The summed E-state index contributed by atoms with van der Waals surface area (Å²) in [6.07, 6.45) is 1.25. The van der Waals surface area contributed by atoms with Crippen molar-refractivity contribution in [2.45, 2.75) is 20.3 Å². The highest BCUT2D eigenvalue weighted by molar-refractivity contribution is 5.72. The van der Waals surface area contributed by atoms with Crippen molar-refractivity contribution in [3.63, 3.8) is 0 Å². The van der Waals surface area contributed by atoms with Crippen molar-refractivity contribution in [1.29, 1.82) is 0 Å². The van der Waals surface area contributed by atoms with Gasteiger partial charge in [0.05, 0.1) is 0 Å². The van der Waals surface area contributed by atoms with E-state index in [1.54, 1.807) is 12.1 Å². The van der Waals surface area contributed by atoms with Gasteiger partial charge in [-0.1, -0.05) is 62.7 Å². The van der Waals surface area contributed by atoms with Crippen molar-refractivity contribution in [3.8, 4) is 22.6 Å². The quantitative estimate of drug-likeness (QED) is 0.721. The highest BCUT2D eigenvalue weighted by Crippen LogP contribution is 2.35. The molecule has 2 heteroatoms. The monoisotopic (exact) mass is 230 g/mol. The van der Waals surface area contributed by atoms with Gasteiger partial charge in [-0.3, -0.25) is 0 Å². The zero-order valence-electron chi connectivity index (χ0n) is 10.2. The van der Waals surface area contributed by atoms with Gasteiger partial charge in [0.25, 0.3) is 0 Å². The van der Waals surface area contributed by atoms with Crippen LogP contribution >= 0.6 is 0 Å². The maximum atomic E-state index is 9.60. The molecule has 17 heavy (non-hydrogen) atoms. The first-order valence-corrected chi connectivity index (χ1v) is 5.77. The molecule has 0 radical (unpaired) electrons. The molecule has 0 aliphatic heterocycles. The van der Waals surface area contributed by atoms with Crippen molar-refractivity contribution in [3.05, 3.63) is 48.5 Å². The van der Waals surface area contributed by atoms with Crippen LogP contribution in [0.2, 0.25) is 0 Å². The molecule has 0 amide bonds. The molecule has 2 N–H and O–H groups in total. The largest absolute Gasteiger partial charge is 0.504 e. The molecule has 0 aliphatic rings. The number of para-hydroxylation sites is 1. The van der Waals surface area contributed by atoms with E-state index in [0.29, 0.717) is 5.56 Å². The maximum absolute atomic E-state index is 9.60. The van der Waals surface area contributed by atoms with Crippen molar-refractivity contribution < 1.29 is 10.2 Å². The zero-order valence-corrected chi connectivity index (χ0v) is 10.2. The van der Waals surface area contributed by atoms with Crippen LogP contribution in [0.5, 0.6) is 11.5 Å². The summed E-state index contributed by atoms with van der Waals surface area (Å²) >= 11 is 0. The van der Waals surface area contributed by atoms with E-state index in [1.807, 2.05) is 30.3 Å². The summed E-state index contributed by atoms with van der Waals surface area (Å²) in [7, 11) is 0. The molecule has 0 spiro atoms. The smallest absolute Gasteiger partial charge is 0.165 e. The Morgan fingerprint density at radius 1 is 0.824 bits per heavy atom. The number of aromatic hydroxyl groups is 2. The molecule has 0 atom stereocenters. The van der Waals surface area contributed by atoms with E-state index in [0.717, 1.165) is 5.56 Å². The minimum Gasteiger partial charge on any atom is -0.504 e. The third kappa shape index (κ3) is 3.52. The van der Waals surface area contributed by atoms with Gasteiger partial charge in [-0.2, -0.15) is 0 Å². The topological polar surface area (TPSA) is 40.5 Å². The number of benzene rings is 2. The molecule has 2 aromatic carbocycles. The SMILES string of the molecule is CCC.Oc1cccc(-c2ccccc2)c1O. The molecule has 2 aromatic rings. The number of hydrogen-bond donors (Lipinski definition) is 2. The Hall–Kier alpha value is -1.96. The molecule has 0 unspecified atom stereocenters. The van der Waals surface area contributed by atoms with Gasteiger partial charge < -0.3 is 10.2 Å². The van der Waals surface area contributed by atoms with E-state index in [9.17, 15) is 10.2 Å². The summed E-state index contributed by atoms with van der Waals surface area (Å²) in [5.41, 5.74) is 1.53. The fourth-order valence-corrected chi connectivity index (χ4v) is 1.38. The minimum atomic E-state index is -0.0913. The molecular weight excluding hydrogens is 212 g/mol. The first kappa shape index (κ1) is 13.1. The van der Waals surface area contributed by atoms with E-state index in [1.165, 1.54) is 12.5 Å². The van der Waals surface area contributed by atoms with Crippen molar-refractivity contribution >= 4 is 0 Å². The molecule has 0 aromatic heterocycles. The van der Waals surface area contributed by atoms with Crippen LogP contribution in [0.25, 0.3) is 11.1 Å². The summed E-state index contributed by atoms with van der Waals surface area (Å²) in [4.78, 5) is 0. The lowest BCUT2D eigenvalue weighted by atomic mass is 10.0. The summed E-state index contributed by atoms with van der Waals surface area (Å²) in [6, 6.07) is 14.4. The van der Waals surface area contributed by atoms with Crippen molar-refractivity contribution in [2.24, 2.45) is 0 Å². The van der Waals surface area contributed by atoms with Crippen LogP contribution in [0.1, 0.15) is 20.3 Å². The number of phenols is 2. The summed E-state index contributed by atoms with van der Waals surface area (Å²) in [5, 5.41) is 18.9. The number of hydrogen-bond acceptors (Lipinski definition) is 2. The van der Waals surface area contributed by atoms with Crippen LogP contribution in [-0.2, 0) is 0 Å². The van der Waals surface area contributed by atoms with Crippen LogP contribution in [0, 0.1) is 0 Å². The predicted octanol–water partition coefficient (Wildman–Crippen LogP) is 4.18. The third-order valence-corrected chi connectivity index (χ3v) is 2.10. The van der Waals surface area contributed by atoms with E-state index >= 15 is 0 Å². The predicted molar refractivity (Wildman–Crippen MR) is 71.2 cm³/mol. The van der Waals surface area contributed by atoms with E-state index in [-0.39, 0.29) is 11.5 Å². The van der Waals surface area contributed by atoms with Crippen LogP contribution < -0.4 is 0 Å². The Kier molecular flexibility index (Phi) is 5.08. The maximum Gasteiger partial charge on any atom is 0.165 e. The summed E-state index contributed by atoms with van der Waals surface area (Å²) in [5.74, 6) is -0.162. The van der Waals surface area contributed by atoms with Crippen LogP contribution in [-0.4, -0.2) is 10.2 Å². The second-order valence-corrected chi connectivity index (χ2v) is 3.75. The molecule has 0 heterocycles. The van der Waals surface area contributed by atoms with Gasteiger partial charge in [0.2, 0.25) is 0 Å². The van der Waals surface area contributed by atoms with Gasteiger partial charge in [0.15, 0.2) is 11.5 Å². The lowest BCUT2D eigenvalue weighted by molar-refractivity contribution is 0.405. The molecule has 90 valence electrons. The second-order valence-electron chi connectivity index (χ2n) is 3.75. The molecule has 2 nitrogen and oxygen atoms in total. The first-order chi connectivity index (χ1) is 8.20. The highest BCUT2D eigenvalue weighted by atomic mass is 16.3. The van der Waals surface area contributed by atoms with Gasteiger partial charge in [-0.05, 0) is 11.6 Å². The summed E-state index contributed by atoms with van der Waals surface area (Å²) in [6.45, 7) is 4.25. The standard InChI is InChI=1S/C12H10O2.C3H8/c13-11-8-4-7-10(12(11)14)9-5-2-1-3-6-9;1-3-2/h1-8,13-14H;3H2,1-2H3. The normalized spacial score (nSPS) is 9.29. The Bertz CT molecular complexity index is 450. The highest BCUT2D eigenvalue weighted by Gasteiger charge is 2.06. The van der Waals surface area contributed by atoms with Gasteiger partial charge in [0.1, 0.15) is 0 Å². The lowest BCUT2D eigenvalue weighted by Crippen LogP contribution is -1.78. The molecule has 0 bridgehead atoms. The fraction of sp³-hybridized carbons (Fsp3) is 0.200. The number of phenolic OH excluding ortho intramolecular Hbond substituents is 2. The number of rotatable bonds is 1. The Labute approximate surface area is 102 Å². The Balaban J connectivity index is 0.000000437. The minimum absolute atomic E-state index is 0.0706. The lowest BCUT2D eigenvalue weighted by Gasteiger charge is -2.05. The van der Waals surface area contributed by atoms with E-state index in [4.69, 9.17) is 0 Å². The first-order valence-electron chi connectivity index (χ1n) is 5.77. The molecule has 0 fully saturated rings. The molecule has 0 saturated carbocycles. The fourth-order valence-electron chi connectivity index (χ4n) is 1.38. The van der Waals surface area contributed by atoms with Crippen molar-refractivity contribution in [2.75, 3.05) is 0 Å². The van der Waals surface area contributed by atoms with Crippen LogP contribution in [0.4, 0.5) is 0 Å². The van der Waals surface area contributed by atoms with Crippen LogP contribution in [0.15, 0.2) is 48.5 Å². The Morgan fingerprint density at radius 2 is 1.41 bits per heavy atom. The van der Waals surface area contributed by atoms with Gasteiger partial charge >= 0.3 is 0 Å². The van der Waals surface area contributed by atoms with Gasteiger partial charge in [-0.25, -0.2) is 0 Å². The second kappa shape index (κ2) is 6.59. The average Bonchev–Trinajstić information content (AvgIpc) is 2.35. The van der Waals surface area contributed by atoms with E-state index < -0.39 is 0 Å². The third-order valence-electron chi connectivity index (χ3n) is 2.10.